The van der Waals surface area contributed by atoms with Crippen LogP contribution in [0.4, 0.5) is 18.9 Å². The first-order valence-electron chi connectivity index (χ1n) is 7.25. The zero-order valence-electron chi connectivity index (χ0n) is 13.2. The van der Waals surface area contributed by atoms with E-state index in [4.69, 9.17) is 9.47 Å². The topological polar surface area (TPSA) is 64.6 Å². The molecule has 0 bridgehead atoms. The van der Waals surface area contributed by atoms with Crippen LogP contribution in [0.25, 0.3) is 0 Å². The highest BCUT2D eigenvalue weighted by Gasteiger charge is 2.29. The van der Waals surface area contributed by atoms with Gasteiger partial charge in [0.15, 0.2) is 13.2 Å². The Bertz CT molecular complexity index is 778. The minimum atomic E-state index is -4.45. The van der Waals surface area contributed by atoms with Crippen LogP contribution in [0.3, 0.4) is 0 Å². The molecule has 2 aromatic rings. The predicted octanol–water partition coefficient (Wildman–Crippen LogP) is 4.03. The van der Waals surface area contributed by atoms with Crippen molar-refractivity contribution >= 4 is 33.5 Å². The molecule has 0 radical (unpaired) electrons. The van der Waals surface area contributed by atoms with E-state index in [0.29, 0.717) is 5.75 Å². The number of ether oxygens (including phenoxy) is 2. The largest absolute Gasteiger partial charge is 0.482 e. The Morgan fingerprint density at radius 1 is 1.04 bits per heavy atom. The highest BCUT2D eigenvalue weighted by atomic mass is 79.9. The summed E-state index contributed by atoms with van der Waals surface area (Å²) in [5.74, 6) is -0.987. The van der Waals surface area contributed by atoms with Crippen molar-refractivity contribution in [3.8, 4) is 5.75 Å². The summed E-state index contributed by atoms with van der Waals surface area (Å²) in [6.45, 7) is -0.967. The van der Waals surface area contributed by atoms with Crippen LogP contribution in [0.1, 0.15) is 5.56 Å². The SMILES string of the molecule is O=C(COC(=O)COc1cccc(Br)c1)Nc1ccc(C(F)(F)F)cc1. The zero-order valence-corrected chi connectivity index (χ0v) is 14.8. The summed E-state index contributed by atoms with van der Waals surface area (Å²) in [5, 5.41) is 2.33. The van der Waals surface area contributed by atoms with Gasteiger partial charge in [0.1, 0.15) is 5.75 Å². The smallest absolute Gasteiger partial charge is 0.416 e. The molecular formula is C17H13BrF3NO4. The summed E-state index contributed by atoms with van der Waals surface area (Å²) in [6.07, 6.45) is -4.45. The lowest BCUT2D eigenvalue weighted by atomic mass is 10.2. The molecule has 0 saturated heterocycles. The fourth-order valence-electron chi connectivity index (χ4n) is 1.83. The maximum Gasteiger partial charge on any atom is 0.416 e. The third-order valence-corrected chi connectivity index (χ3v) is 3.51. The van der Waals surface area contributed by atoms with E-state index < -0.39 is 30.2 Å². The average Bonchev–Trinajstić information content (AvgIpc) is 2.58. The Balaban J connectivity index is 1.75. The van der Waals surface area contributed by atoms with Crippen molar-refractivity contribution in [2.24, 2.45) is 0 Å². The molecule has 0 atom stereocenters. The number of alkyl halides is 3. The number of rotatable bonds is 6. The third-order valence-electron chi connectivity index (χ3n) is 3.01. The van der Waals surface area contributed by atoms with Crippen LogP contribution in [0.15, 0.2) is 53.0 Å². The highest BCUT2D eigenvalue weighted by Crippen LogP contribution is 2.29. The summed E-state index contributed by atoms with van der Waals surface area (Å²) in [5.41, 5.74) is -0.670. The quantitative estimate of drug-likeness (QED) is 0.701. The number of nitrogens with one attached hydrogen (secondary N) is 1. The molecule has 5 nitrogen and oxygen atoms in total. The molecule has 0 aliphatic carbocycles. The number of halogens is 4. The average molecular weight is 432 g/mol. The molecule has 2 rings (SSSR count). The van der Waals surface area contributed by atoms with Crippen molar-refractivity contribution in [1.82, 2.24) is 0 Å². The van der Waals surface area contributed by atoms with Crippen molar-refractivity contribution in [3.63, 3.8) is 0 Å². The van der Waals surface area contributed by atoms with Gasteiger partial charge in [0, 0.05) is 10.2 Å². The molecule has 1 N–H and O–H groups in total. The maximum atomic E-state index is 12.4. The second-order valence-corrected chi connectivity index (χ2v) is 5.95. The van der Waals surface area contributed by atoms with E-state index in [1.807, 2.05) is 0 Å². The van der Waals surface area contributed by atoms with E-state index in [0.717, 1.165) is 28.7 Å². The number of benzene rings is 2. The van der Waals surface area contributed by atoms with Gasteiger partial charge in [-0.25, -0.2) is 4.79 Å². The second kappa shape index (κ2) is 8.70. The predicted molar refractivity (Wildman–Crippen MR) is 90.7 cm³/mol. The Hall–Kier alpha value is -2.55. The summed E-state index contributed by atoms with van der Waals surface area (Å²) < 4.78 is 48.1. The lowest BCUT2D eigenvalue weighted by Gasteiger charge is -2.09. The maximum absolute atomic E-state index is 12.4. The summed E-state index contributed by atoms with van der Waals surface area (Å²) in [6, 6.07) is 10.7. The van der Waals surface area contributed by atoms with Crippen LogP contribution >= 0.6 is 15.9 Å². The molecule has 0 aliphatic heterocycles. The first kappa shape index (κ1) is 19.8. The van der Waals surface area contributed by atoms with E-state index in [1.165, 1.54) is 0 Å². The summed E-state index contributed by atoms with van der Waals surface area (Å²) >= 11 is 3.25. The molecule has 0 saturated carbocycles. The molecule has 2 aromatic carbocycles. The van der Waals surface area contributed by atoms with Gasteiger partial charge in [-0.1, -0.05) is 22.0 Å². The Morgan fingerprint density at radius 2 is 1.73 bits per heavy atom. The number of carbonyl (C=O) groups excluding carboxylic acids is 2. The van der Waals surface area contributed by atoms with E-state index in [9.17, 15) is 22.8 Å². The number of amides is 1. The van der Waals surface area contributed by atoms with Crippen LogP contribution in [-0.2, 0) is 20.5 Å². The van der Waals surface area contributed by atoms with Gasteiger partial charge in [0.2, 0.25) is 0 Å². The minimum Gasteiger partial charge on any atom is -0.482 e. The van der Waals surface area contributed by atoms with E-state index in [2.05, 4.69) is 21.2 Å². The molecule has 138 valence electrons. The van der Waals surface area contributed by atoms with Crippen LogP contribution in [-0.4, -0.2) is 25.1 Å². The van der Waals surface area contributed by atoms with Gasteiger partial charge in [-0.15, -0.1) is 0 Å². The van der Waals surface area contributed by atoms with Crippen molar-refractivity contribution in [2.45, 2.75) is 6.18 Å². The third kappa shape index (κ3) is 6.40. The first-order chi connectivity index (χ1) is 12.2. The molecule has 0 fully saturated rings. The van der Waals surface area contributed by atoms with E-state index in [1.54, 1.807) is 24.3 Å². The van der Waals surface area contributed by atoms with Crippen molar-refractivity contribution in [2.75, 3.05) is 18.5 Å². The fraction of sp³-hybridized carbons (Fsp3) is 0.176. The van der Waals surface area contributed by atoms with Gasteiger partial charge >= 0.3 is 12.1 Å². The van der Waals surface area contributed by atoms with Crippen LogP contribution in [0, 0.1) is 0 Å². The molecule has 0 aliphatic rings. The number of hydrogen-bond donors (Lipinski definition) is 1. The molecular weight excluding hydrogens is 419 g/mol. The van der Waals surface area contributed by atoms with Gasteiger partial charge in [-0.05, 0) is 42.5 Å². The summed E-state index contributed by atoms with van der Waals surface area (Å²) in [4.78, 5) is 23.2. The molecule has 1 amide bonds. The van der Waals surface area contributed by atoms with E-state index >= 15 is 0 Å². The minimum absolute atomic E-state index is 0.157. The van der Waals surface area contributed by atoms with E-state index in [-0.39, 0.29) is 12.3 Å². The molecule has 0 spiro atoms. The Kier molecular flexibility index (Phi) is 6.62. The van der Waals surface area contributed by atoms with Crippen LogP contribution in [0.5, 0.6) is 5.75 Å². The highest BCUT2D eigenvalue weighted by molar-refractivity contribution is 9.10. The van der Waals surface area contributed by atoms with Crippen molar-refractivity contribution in [1.29, 1.82) is 0 Å². The standard InChI is InChI=1S/C17H13BrF3NO4/c18-12-2-1-3-14(8-12)25-10-16(24)26-9-15(23)22-13-6-4-11(5-7-13)17(19,20)21/h1-8H,9-10H2,(H,22,23). The van der Waals surface area contributed by atoms with Crippen molar-refractivity contribution in [3.05, 3.63) is 58.6 Å². The molecule has 0 unspecified atom stereocenters. The number of carbonyl (C=O) groups is 2. The van der Waals surface area contributed by atoms with Gasteiger partial charge in [0.05, 0.1) is 5.56 Å². The van der Waals surface area contributed by atoms with Crippen LogP contribution < -0.4 is 10.1 Å². The fourth-order valence-corrected chi connectivity index (χ4v) is 2.20. The van der Waals surface area contributed by atoms with Gasteiger partial charge in [0.25, 0.3) is 5.91 Å². The molecule has 26 heavy (non-hydrogen) atoms. The molecule has 0 heterocycles. The Labute approximate surface area is 155 Å². The summed E-state index contributed by atoms with van der Waals surface area (Å²) in [7, 11) is 0. The van der Waals surface area contributed by atoms with Gasteiger partial charge < -0.3 is 14.8 Å². The normalized spacial score (nSPS) is 10.9. The van der Waals surface area contributed by atoms with Gasteiger partial charge in [-0.2, -0.15) is 13.2 Å². The first-order valence-corrected chi connectivity index (χ1v) is 8.04. The second-order valence-electron chi connectivity index (χ2n) is 5.03. The van der Waals surface area contributed by atoms with Crippen LogP contribution in [0.2, 0.25) is 0 Å². The number of esters is 1. The number of anilines is 1. The Morgan fingerprint density at radius 3 is 2.35 bits per heavy atom. The van der Waals surface area contributed by atoms with Crippen molar-refractivity contribution < 1.29 is 32.2 Å². The monoisotopic (exact) mass is 431 g/mol. The lowest BCUT2D eigenvalue weighted by Crippen LogP contribution is -2.23. The number of hydrogen-bond acceptors (Lipinski definition) is 4. The molecule has 0 aromatic heterocycles. The zero-order chi connectivity index (χ0) is 19.2. The van der Waals surface area contributed by atoms with Gasteiger partial charge in [-0.3, -0.25) is 4.79 Å². The molecule has 9 heteroatoms. The lowest BCUT2D eigenvalue weighted by molar-refractivity contribution is -0.149.